The fourth-order valence-corrected chi connectivity index (χ4v) is 5.21. The van der Waals surface area contributed by atoms with Gasteiger partial charge in [-0.25, -0.2) is 13.4 Å². The van der Waals surface area contributed by atoms with Crippen molar-refractivity contribution in [2.24, 2.45) is 0 Å². The Morgan fingerprint density at radius 2 is 1.68 bits per heavy atom. The van der Waals surface area contributed by atoms with Crippen LogP contribution in [-0.2, 0) is 10.0 Å². The molecule has 4 rings (SSSR count). The van der Waals surface area contributed by atoms with Crippen LogP contribution >= 0.6 is 11.3 Å². The van der Waals surface area contributed by atoms with Gasteiger partial charge in [0.15, 0.2) is 5.13 Å². The molecule has 0 radical (unpaired) electrons. The number of para-hydroxylation sites is 1. The quantitative estimate of drug-likeness (QED) is 0.382. The Balaban J connectivity index is 1.47. The van der Waals surface area contributed by atoms with E-state index in [0.717, 1.165) is 11.1 Å². The summed E-state index contributed by atoms with van der Waals surface area (Å²) >= 11 is 1.31. The van der Waals surface area contributed by atoms with E-state index in [1.165, 1.54) is 22.7 Å². The van der Waals surface area contributed by atoms with Crippen molar-refractivity contribution in [3.05, 3.63) is 89.3 Å². The molecule has 0 saturated heterocycles. The molecule has 1 amide bonds. The summed E-state index contributed by atoms with van der Waals surface area (Å²) in [7, 11) is -0.622. The Hall–Kier alpha value is -3.69. The van der Waals surface area contributed by atoms with Gasteiger partial charge in [0, 0.05) is 23.6 Å². The molecule has 0 fully saturated rings. The number of thiazole rings is 1. The third-order valence-electron chi connectivity index (χ3n) is 5.28. The monoisotopic (exact) mass is 493 g/mol. The zero-order valence-corrected chi connectivity index (χ0v) is 20.5. The Morgan fingerprint density at radius 3 is 2.35 bits per heavy atom. The number of aryl methyl sites for hydroxylation is 1. The molecule has 7 nitrogen and oxygen atoms in total. The molecule has 0 aliphatic heterocycles. The van der Waals surface area contributed by atoms with E-state index < -0.39 is 10.0 Å². The van der Waals surface area contributed by atoms with E-state index in [9.17, 15) is 13.2 Å². The second-order valence-electron chi connectivity index (χ2n) is 7.52. The average molecular weight is 494 g/mol. The average Bonchev–Trinajstić information content (AvgIpc) is 3.32. The minimum atomic E-state index is -3.71. The van der Waals surface area contributed by atoms with Crippen molar-refractivity contribution in [2.75, 3.05) is 23.8 Å². The molecule has 1 N–H and O–H groups in total. The van der Waals surface area contributed by atoms with Crippen LogP contribution in [0.5, 0.6) is 5.75 Å². The van der Waals surface area contributed by atoms with E-state index >= 15 is 0 Å². The van der Waals surface area contributed by atoms with Gasteiger partial charge in [0.1, 0.15) is 5.75 Å². The number of amides is 1. The number of sulfonamides is 1. The lowest BCUT2D eigenvalue weighted by Crippen LogP contribution is -2.26. The summed E-state index contributed by atoms with van der Waals surface area (Å²) < 4.78 is 32.4. The van der Waals surface area contributed by atoms with Gasteiger partial charge in [-0.2, -0.15) is 0 Å². The molecule has 34 heavy (non-hydrogen) atoms. The van der Waals surface area contributed by atoms with Gasteiger partial charge in [0.05, 0.1) is 23.4 Å². The van der Waals surface area contributed by atoms with Crippen molar-refractivity contribution in [3.63, 3.8) is 0 Å². The first-order valence-electron chi connectivity index (χ1n) is 10.4. The fraction of sp³-hybridized carbons (Fsp3) is 0.120. The number of methoxy groups -OCH3 is 1. The van der Waals surface area contributed by atoms with Gasteiger partial charge < -0.3 is 4.74 Å². The van der Waals surface area contributed by atoms with E-state index in [1.807, 2.05) is 36.6 Å². The molecule has 1 heterocycles. The maximum absolute atomic E-state index is 12.9. The molecule has 3 aromatic carbocycles. The number of nitrogens with one attached hydrogen (secondary N) is 1. The first-order chi connectivity index (χ1) is 16.3. The molecule has 0 unspecified atom stereocenters. The Kier molecular flexibility index (Phi) is 6.67. The van der Waals surface area contributed by atoms with Crippen LogP contribution in [-0.4, -0.2) is 33.5 Å². The molecule has 174 valence electrons. The van der Waals surface area contributed by atoms with Crippen molar-refractivity contribution in [1.82, 2.24) is 4.98 Å². The number of anilines is 2. The Bertz CT molecular complexity index is 1410. The molecule has 0 aliphatic rings. The number of rotatable bonds is 7. The topological polar surface area (TPSA) is 88.6 Å². The summed E-state index contributed by atoms with van der Waals surface area (Å²) in [4.78, 5) is 17.4. The van der Waals surface area contributed by atoms with Crippen molar-refractivity contribution >= 4 is 38.1 Å². The normalized spacial score (nSPS) is 11.1. The first kappa shape index (κ1) is 23.5. The highest BCUT2D eigenvalue weighted by molar-refractivity contribution is 7.92. The Labute approximate surface area is 202 Å². The van der Waals surface area contributed by atoms with Gasteiger partial charge in [-0.3, -0.25) is 14.4 Å². The number of carbonyl (C=O) groups excluding carboxylic acids is 1. The first-order valence-corrected chi connectivity index (χ1v) is 12.7. The molecular formula is C25H23N3O4S2. The number of hydrogen-bond acceptors (Lipinski definition) is 6. The van der Waals surface area contributed by atoms with Crippen LogP contribution in [0.15, 0.2) is 83.1 Å². The zero-order chi connectivity index (χ0) is 24.3. The molecule has 0 bridgehead atoms. The highest BCUT2D eigenvalue weighted by atomic mass is 32.2. The van der Waals surface area contributed by atoms with Gasteiger partial charge >= 0.3 is 0 Å². The lowest BCUT2D eigenvalue weighted by molar-refractivity contribution is 0.102. The fourth-order valence-electron chi connectivity index (χ4n) is 3.31. The summed E-state index contributed by atoms with van der Waals surface area (Å²) in [5, 5.41) is 5.09. The Morgan fingerprint density at radius 1 is 1.00 bits per heavy atom. The maximum Gasteiger partial charge on any atom is 0.264 e. The summed E-state index contributed by atoms with van der Waals surface area (Å²) in [6.07, 6.45) is 0. The molecule has 0 spiro atoms. The second-order valence-corrected chi connectivity index (χ2v) is 10.4. The van der Waals surface area contributed by atoms with E-state index in [-0.39, 0.29) is 10.8 Å². The minimum absolute atomic E-state index is 0.206. The lowest BCUT2D eigenvalue weighted by Gasteiger charge is -2.20. The van der Waals surface area contributed by atoms with Gasteiger partial charge in [-0.15, -0.1) is 11.3 Å². The summed E-state index contributed by atoms with van der Waals surface area (Å²) in [5.74, 6) is 0.363. The molecule has 0 saturated carbocycles. The van der Waals surface area contributed by atoms with Crippen LogP contribution in [0.25, 0.3) is 11.3 Å². The molecule has 1 aromatic heterocycles. The van der Waals surface area contributed by atoms with E-state index in [1.54, 1.807) is 55.6 Å². The summed E-state index contributed by atoms with van der Waals surface area (Å²) in [6, 6.07) is 20.6. The van der Waals surface area contributed by atoms with E-state index in [2.05, 4.69) is 10.3 Å². The summed E-state index contributed by atoms with van der Waals surface area (Å²) in [5.41, 5.74) is 3.36. The third kappa shape index (κ3) is 4.80. The van der Waals surface area contributed by atoms with Gasteiger partial charge in [-0.1, -0.05) is 29.8 Å². The van der Waals surface area contributed by atoms with Crippen LogP contribution < -0.4 is 14.4 Å². The highest BCUT2D eigenvalue weighted by Crippen LogP contribution is 2.32. The van der Waals surface area contributed by atoms with Crippen molar-refractivity contribution in [2.45, 2.75) is 11.8 Å². The van der Waals surface area contributed by atoms with Gasteiger partial charge in [0.25, 0.3) is 15.9 Å². The minimum Gasteiger partial charge on any atom is -0.496 e. The molecule has 9 heteroatoms. The zero-order valence-electron chi connectivity index (χ0n) is 18.8. The lowest BCUT2D eigenvalue weighted by atomic mass is 10.1. The van der Waals surface area contributed by atoms with Crippen LogP contribution in [0, 0.1) is 6.92 Å². The molecule has 4 aromatic rings. The SMILES string of the molecule is COc1ccccc1-c1csc(NC(=O)c2ccc(N(C)S(=O)(=O)c3ccc(C)cc3)cc2)n1. The van der Waals surface area contributed by atoms with Gasteiger partial charge in [-0.05, 0) is 55.5 Å². The number of benzene rings is 3. The molecule has 0 aliphatic carbocycles. The second kappa shape index (κ2) is 9.66. The molecular weight excluding hydrogens is 470 g/mol. The highest BCUT2D eigenvalue weighted by Gasteiger charge is 2.21. The number of ether oxygens (including phenoxy) is 1. The van der Waals surface area contributed by atoms with Gasteiger partial charge in [0.2, 0.25) is 0 Å². The predicted octanol–water partition coefficient (Wildman–Crippen LogP) is 5.20. The predicted molar refractivity (Wildman–Crippen MR) is 135 cm³/mol. The number of carbonyl (C=O) groups is 1. The maximum atomic E-state index is 12.9. The summed E-state index contributed by atoms with van der Waals surface area (Å²) in [6.45, 7) is 1.90. The van der Waals surface area contributed by atoms with Crippen molar-refractivity contribution < 1.29 is 17.9 Å². The van der Waals surface area contributed by atoms with E-state index in [0.29, 0.717) is 27.8 Å². The van der Waals surface area contributed by atoms with Crippen LogP contribution in [0.3, 0.4) is 0 Å². The standard InChI is InChI=1S/C25H23N3O4S2/c1-17-8-14-20(15-9-17)34(30,31)28(2)19-12-10-18(11-13-19)24(29)27-25-26-22(16-33-25)21-6-4-5-7-23(21)32-3/h4-16H,1-3H3,(H,26,27,29). The third-order valence-corrected chi connectivity index (χ3v) is 7.84. The number of nitrogens with zero attached hydrogens (tertiary/aromatic N) is 2. The molecule has 0 atom stereocenters. The van der Waals surface area contributed by atoms with Crippen molar-refractivity contribution in [3.8, 4) is 17.0 Å². The van der Waals surface area contributed by atoms with Crippen LogP contribution in [0.1, 0.15) is 15.9 Å². The van der Waals surface area contributed by atoms with E-state index in [4.69, 9.17) is 4.74 Å². The van der Waals surface area contributed by atoms with Crippen LogP contribution in [0.4, 0.5) is 10.8 Å². The number of aromatic nitrogens is 1. The number of hydrogen-bond donors (Lipinski definition) is 1. The van der Waals surface area contributed by atoms with Crippen molar-refractivity contribution in [1.29, 1.82) is 0 Å². The smallest absolute Gasteiger partial charge is 0.264 e. The largest absolute Gasteiger partial charge is 0.496 e. The van der Waals surface area contributed by atoms with Crippen LogP contribution in [0.2, 0.25) is 0 Å².